The predicted molar refractivity (Wildman–Crippen MR) is 108 cm³/mol. The van der Waals surface area contributed by atoms with Crippen molar-refractivity contribution in [2.45, 2.75) is 38.4 Å². The van der Waals surface area contributed by atoms with Crippen molar-refractivity contribution in [2.75, 3.05) is 20.1 Å². The van der Waals surface area contributed by atoms with Gasteiger partial charge in [0.2, 0.25) is 0 Å². The van der Waals surface area contributed by atoms with Crippen LogP contribution < -0.4 is 10.1 Å². The highest BCUT2D eigenvalue weighted by Crippen LogP contribution is 2.50. The van der Waals surface area contributed by atoms with E-state index in [-0.39, 0.29) is 29.7 Å². The summed E-state index contributed by atoms with van der Waals surface area (Å²) in [6.45, 7) is 1.19. The van der Waals surface area contributed by atoms with E-state index in [0.29, 0.717) is 23.9 Å². The Labute approximate surface area is 179 Å². The van der Waals surface area contributed by atoms with Crippen molar-refractivity contribution >= 4 is 23.6 Å². The van der Waals surface area contributed by atoms with Crippen molar-refractivity contribution in [1.82, 2.24) is 15.4 Å². The van der Waals surface area contributed by atoms with Crippen LogP contribution in [0, 0.1) is 5.41 Å². The summed E-state index contributed by atoms with van der Waals surface area (Å²) in [6, 6.07) is 8.89. The van der Waals surface area contributed by atoms with Crippen LogP contribution >= 0.6 is 11.6 Å². The maximum absolute atomic E-state index is 12.4. The lowest BCUT2D eigenvalue weighted by Gasteiger charge is -2.52. The molecule has 2 heterocycles. The summed E-state index contributed by atoms with van der Waals surface area (Å²) in [5.41, 5.74) is 0.268. The molecule has 0 radical (unpaired) electrons. The molecule has 1 aliphatic carbocycles. The lowest BCUT2D eigenvalue weighted by Crippen LogP contribution is -2.55. The fourth-order valence-corrected chi connectivity index (χ4v) is 4.20. The van der Waals surface area contributed by atoms with E-state index in [9.17, 15) is 9.59 Å². The first kappa shape index (κ1) is 20.5. The zero-order chi connectivity index (χ0) is 21.1. The van der Waals surface area contributed by atoms with Crippen LogP contribution in [0.5, 0.6) is 5.75 Å². The first-order valence-electron chi connectivity index (χ1n) is 10.0. The second kappa shape index (κ2) is 8.55. The number of hydrogen-bond acceptors (Lipinski definition) is 6. The topological polar surface area (TPSA) is 93.9 Å². The molecule has 1 aromatic heterocycles. The maximum atomic E-state index is 12.4. The average molecular weight is 434 g/mol. The van der Waals surface area contributed by atoms with Crippen molar-refractivity contribution in [2.24, 2.45) is 5.41 Å². The van der Waals surface area contributed by atoms with Gasteiger partial charge in [-0.15, -0.1) is 0 Å². The zero-order valence-electron chi connectivity index (χ0n) is 16.7. The van der Waals surface area contributed by atoms with E-state index in [2.05, 4.69) is 10.5 Å². The molecule has 1 N–H and O–H groups in total. The Balaban J connectivity index is 1.25. The molecule has 1 saturated heterocycles. The molecule has 1 atom stereocenters. The molecule has 2 aromatic rings. The smallest absolute Gasteiger partial charge is 0.410 e. The molecule has 1 unspecified atom stereocenters. The van der Waals surface area contributed by atoms with Crippen LogP contribution in [-0.4, -0.2) is 48.3 Å². The lowest BCUT2D eigenvalue weighted by molar-refractivity contribution is -0.0824. The van der Waals surface area contributed by atoms with E-state index < -0.39 is 6.09 Å². The average Bonchev–Trinajstić information content (AvgIpc) is 3.25. The highest BCUT2D eigenvalue weighted by Gasteiger charge is 2.50. The Morgan fingerprint density at radius 2 is 2.00 bits per heavy atom. The van der Waals surface area contributed by atoms with Crippen molar-refractivity contribution < 1.29 is 23.6 Å². The summed E-state index contributed by atoms with van der Waals surface area (Å²) in [6.07, 6.45) is 3.65. The predicted octanol–water partition coefficient (Wildman–Crippen LogP) is 3.65. The maximum Gasteiger partial charge on any atom is 0.410 e. The van der Waals surface area contributed by atoms with E-state index in [0.717, 1.165) is 31.4 Å². The minimum atomic E-state index is -0.391. The van der Waals surface area contributed by atoms with Crippen LogP contribution in [-0.2, 0) is 11.3 Å². The number of aromatic nitrogens is 1. The number of rotatable bonds is 5. The van der Waals surface area contributed by atoms with E-state index in [1.165, 1.54) is 13.1 Å². The quantitative estimate of drug-likeness (QED) is 0.773. The molecular formula is C21H24ClN3O5. The number of carbonyl (C=O) groups excluding carboxylic acids is 2. The third-order valence-electron chi connectivity index (χ3n) is 6.05. The summed E-state index contributed by atoms with van der Waals surface area (Å²) in [5, 5.41) is 6.79. The van der Waals surface area contributed by atoms with Crippen LogP contribution in [0.4, 0.5) is 4.79 Å². The fourth-order valence-electron chi connectivity index (χ4n) is 4.08. The minimum absolute atomic E-state index is 0.0627. The van der Waals surface area contributed by atoms with Crippen LogP contribution in [0.25, 0.3) is 0 Å². The van der Waals surface area contributed by atoms with Crippen LogP contribution in [0.1, 0.15) is 41.9 Å². The second-order valence-corrected chi connectivity index (χ2v) is 8.20. The number of nitrogens with one attached hydrogen (secondary N) is 1. The molecule has 8 nitrogen and oxygen atoms in total. The van der Waals surface area contributed by atoms with Gasteiger partial charge in [-0.25, -0.2) is 4.79 Å². The molecule has 1 aromatic carbocycles. The molecule has 30 heavy (non-hydrogen) atoms. The highest BCUT2D eigenvalue weighted by molar-refractivity contribution is 6.30. The number of carbonyl (C=O) groups is 2. The van der Waals surface area contributed by atoms with Gasteiger partial charge in [-0.2, -0.15) is 0 Å². The number of halogens is 1. The molecular weight excluding hydrogens is 410 g/mol. The molecule has 2 aliphatic rings. The second-order valence-electron chi connectivity index (χ2n) is 7.76. The van der Waals surface area contributed by atoms with Gasteiger partial charge in [-0.1, -0.05) is 16.8 Å². The number of hydrogen-bond donors (Lipinski definition) is 1. The van der Waals surface area contributed by atoms with Crippen molar-refractivity contribution in [1.29, 1.82) is 0 Å². The standard InChI is InChI=1S/C21H24ClN3O5/c1-23-19(26)17-12-16(30-24-17)13-28-20(27)25-10-8-21(9-11-25)7-6-18(21)29-15-4-2-14(22)3-5-15/h2-5,12,18H,6-11,13H2,1H3,(H,23,26). The van der Waals surface area contributed by atoms with Crippen LogP contribution in [0.3, 0.4) is 0 Å². The fraction of sp³-hybridized carbons (Fsp3) is 0.476. The van der Waals surface area contributed by atoms with Gasteiger partial charge in [0.15, 0.2) is 18.1 Å². The molecule has 160 valence electrons. The number of benzene rings is 1. The Hall–Kier alpha value is -2.74. The van der Waals surface area contributed by atoms with Gasteiger partial charge in [0, 0.05) is 36.6 Å². The van der Waals surface area contributed by atoms with Gasteiger partial charge in [0.25, 0.3) is 5.91 Å². The molecule has 1 saturated carbocycles. The van der Waals surface area contributed by atoms with Gasteiger partial charge in [-0.3, -0.25) is 4.79 Å². The van der Waals surface area contributed by atoms with Crippen LogP contribution in [0.2, 0.25) is 5.02 Å². The Morgan fingerprint density at radius 3 is 2.63 bits per heavy atom. The van der Waals surface area contributed by atoms with E-state index >= 15 is 0 Å². The molecule has 1 aliphatic heterocycles. The third kappa shape index (κ3) is 4.23. The molecule has 1 spiro atoms. The number of amides is 2. The van der Waals surface area contributed by atoms with E-state index in [4.69, 9.17) is 25.6 Å². The lowest BCUT2D eigenvalue weighted by atomic mass is 9.60. The number of likely N-dealkylation sites (tertiary alicyclic amines) is 1. The minimum Gasteiger partial charge on any atom is -0.490 e. The summed E-state index contributed by atoms with van der Waals surface area (Å²) >= 11 is 5.94. The molecule has 2 amide bonds. The van der Waals surface area contributed by atoms with Gasteiger partial charge >= 0.3 is 6.09 Å². The highest BCUT2D eigenvalue weighted by atomic mass is 35.5. The Morgan fingerprint density at radius 1 is 1.27 bits per heavy atom. The molecule has 0 bridgehead atoms. The van der Waals surface area contributed by atoms with Crippen molar-refractivity contribution in [3.8, 4) is 5.75 Å². The van der Waals surface area contributed by atoms with E-state index in [1.54, 1.807) is 4.90 Å². The van der Waals surface area contributed by atoms with Gasteiger partial charge < -0.3 is 24.2 Å². The monoisotopic (exact) mass is 433 g/mol. The Kier molecular flexibility index (Phi) is 5.85. The molecule has 4 rings (SSSR count). The van der Waals surface area contributed by atoms with Gasteiger partial charge in [0.05, 0.1) is 0 Å². The zero-order valence-corrected chi connectivity index (χ0v) is 17.5. The first-order chi connectivity index (χ1) is 14.5. The first-order valence-corrected chi connectivity index (χ1v) is 10.4. The van der Waals surface area contributed by atoms with Crippen molar-refractivity contribution in [3.63, 3.8) is 0 Å². The number of piperidine rings is 1. The third-order valence-corrected chi connectivity index (χ3v) is 6.31. The van der Waals surface area contributed by atoms with Crippen LogP contribution in [0.15, 0.2) is 34.9 Å². The molecule has 9 heteroatoms. The van der Waals surface area contributed by atoms with Gasteiger partial charge in [-0.05, 0) is 49.9 Å². The summed E-state index contributed by atoms with van der Waals surface area (Å²) in [4.78, 5) is 25.6. The van der Waals surface area contributed by atoms with E-state index in [1.807, 2.05) is 24.3 Å². The summed E-state index contributed by atoms with van der Waals surface area (Å²) in [5.74, 6) is 0.799. The number of nitrogens with zero attached hydrogens (tertiary/aromatic N) is 2. The number of ether oxygens (including phenoxy) is 2. The Bertz CT molecular complexity index is 906. The normalized spacial score (nSPS) is 19.8. The largest absolute Gasteiger partial charge is 0.490 e. The SMILES string of the molecule is CNC(=O)c1cc(COC(=O)N2CCC3(CCC3Oc3ccc(Cl)cc3)CC2)on1. The molecule has 2 fully saturated rings. The van der Waals surface area contributed by atoms with Crippen molar-refractivity contribution in [3.05, 3.63) is 46.8 Å². The van der Waals surface area contributed by atoms with Gasteiger partial charge in [0.1, 0.15) is 11.9 Å². The summed E-state index contributed by atoms with van der Waals surface area (Å²) in [7, 11) is 1.51. The summed E-state index contributed by atoms with van der Waals surface area (Å²) < 4.78 is 16.5.